The normalized spacial score (nSPS) is 11.8. The average molecular weight is 403 g/mol. The van der Waals surface area contributed by atoms with Gasteiger partial charge in [-0.15, -0.1) is 0 Å². The lowest BCUT2D eigenvalue weighted by molar-refractivity contribution is 0.538. The van der Waals surface area contributed by atoms with Crippen molar-refractivity contribution >= 4 is 33.6 Å². The van der Waals surface area contributed by atoms with E-state index in [0.29, 0.717) is 11.1 Å². The Labute approximate surface area is 162 Å². The van der Waals surface area contributed by atoms with Crippen molar-refractivity contribution < 1.29 is 12.8 Å². The molecule has 0 aliphatic rings. The third-order valence-electron chi connectivity index (χ3n) is 3.96. The number of halogens is 2. The molecule has 0 bridgehead atoms. The molecule has 4 nitrogen and oxygen atoms in total. The minimum Gasteiger partial charge on any atom is -0.223 e. The highest BCUT2D eigenvalue weighted by molar-refractivity contribution is 7.90. The van der Waals surface area contributed by atoms with Gasteiger partial charge in [-0.2, -0.15) is 4.39 Å². The summed E-state index contributed by atoms with van der Waals surface area (Å²) in [4.78, 5) is 7.12. The van der Waals surface area contributed by atoms with Gasteiger partial charge in [-0.1, -0.05) is 54.1 Å². The number of hydrogen-bond donors (Lipinski definition) is 0. The third-order valence-corrected chi connectivity index (χ3v) is 6.14. The van der Waals surface area contributed by atoms with Gasteiger partial charge in [0.1, 0.15) is 0 Å². The zero-order valence-corrected chi connectivity index (χ0v) is 16.0. The summed E-state index contributed by atoms with van der Waals surface area (Å²) in [6.45, 7) is 1.90. The Morgan fingerprint density at radius 3 is 2.44 bits per heavy atom. The number of aryl methyl sites for hydroxylation is 1. The molecule has 2 aromatic carbocycles. The summed E-state index contributed by atoms with van der Waals surface area (Å²) in [7, 11) is -3.53. The van der Waals surface area contributed by atoms with Crippen molar-refractivity contribution in [2.24, 2.45) is 0 Å². The molecule has 7 heteroatoms. The first-order valence-electron chi connectivity index (χ1n) is 8.07. The first kappa shape index (κ1) is 19.2. The van der Waals surface area contributed by atoms with Crippen LogP contribution in [0.15, 0.2) is 59.8 Å². The van der Waals surface area contributed by atoms with Crippen molar-refractivity contribution in [1.29, 1.82) is 0 Å². The van der Waals surface area contributed by atoms with Crippen LogP contribution in [0.5, 0.6) is 0 Å². The maximum absolute atomic E-state index is 12.7. The van der Waals surface area contributed by atoms with Crippen LogP contribution in [-0.2, 0) is 15.6 Å². The number of nitrogens with zero attached hydrogens (tertiary/aromatic N) is 2. The van der Waals surface area contributed by atoms with Crippen molar-refractivity contribution in [1.82, 2.24) is 9.97 Å². The van der Waals surface area contributed by atoms with Gasteiger partial charge in [-0.05, 0) is 35.7 Å². The van der Waals surface area contributed by atoms with Gasteiger partial charge in [-0.25, -0.2) is 18.4 Å². The van der Waals surface area contributed by atoms with Crippen molar-refractivity contribution in [3.63, 3.8) is 0 Å². The molecule has 1 heterocycles. The molecule has 0 N–H and O–H groups in total. The number of aromatic nitrogens is 2. The summed E-state index contributed by atoms with van der Waals surface area (Å²) in [5.41, 5.74) is 3.18. The molecule has 0 spiro atoms. The van der Waals surface area contributed by atoms with Gasteiger partial charge in [0, 0.05) is 18.0 Å². The average Bonchev–Trinajstić information content (AvgIpc) is 2.62. The maximum Gasteiger partial charge on any atom is 0.308 e. The van der Waals surface area contributed by atoms with Crippen LogP contribution in [0.2, 0.25) is 5.02 Å². The van der Waals surface area contributed by atoms with E-state index in [1.165, 1.54) is 18.5 Å². The number of sulfone groups is 1. The Hall–Kier alpha value is -2.57. The van der Waals surface area contributed by atoms with Crippen LogP contribution in [0, 0.1) is 13.0 Å². The SMILES string of the molecule is Cc1cc(CS(=O)(=O)c2ccccc2Cl)ccc1/C=C/c1cnc(F)nc1. The molecule has 0 aliphatic heterocycles. The van der Waals surface area contributed by atoms with Crippen molar-refractivity contribution in [2.45, 2.75) is 17.6 Å². The highest BCUT2D eigenvalue weighted by Crippen LogP contribution is 2.25. The van der Waals surface area contributed by atoms with Gasteiger partial charge in [0.05, 0.1) is 15.7 Å². The Bertz CT molecular complexity index is 1100. The molecule has 138 valence electrons. The lowest BCUT2D eigenvalue weighted by atomic mass is 10.0. The molecule has 0 amide bonds. The summed E-state index contributed by atoms with van der Waals surface area (Å²) >= 11 is 6.02. The zero-order valence-electron chi connectivity index (χ0n) is 14.4. The van der Waals surface area contributed by atoms with Crippen LogP contribution in [0.3, 0.4) is 0 Å². The second-order valence-electron chi connectivity index (χ2n) is 6.00. The van der Waals surface area contributed by atoms with Crippen LogP contribution >= 0.6 is 11.6 Å². The van der Waals surface area contributed by atoms with Gasteiger partial charge in [0.15, 0.2) is 9.84 Å². The van der Waals surface area contributed by atoms with E-state index in [1.807, 2.05) is 25.1 Å². The highest BCUT2D eigenvalue weighted by Gasteiger charge is 2.18. The third kappa shape index (κ3) is 4.78. The molecule has 0 fully saturated rings. The monoisotopic (exact) mass is 402 g/mol. The summed E-state index contributed by atoms with van der Waals surface area (Å²) in [6.07, 6.45) is 5.62. The van der Waals surface area contributed by atoms with Gasteiger partial charge in [-0.3, -0.25) is 0 Å². The number of hydrogen-bond acceptors (Lipinski definition) is 4. The Kier molecular flexibility index (Phi) is 5.68. The lowest BCUT2D eigenvalue weighted by Gasteiger charge is -2.08. The van der Waals surface area contributed by atoms with Crippen LogP contribution in [-0.4, -0.2) is 18.4 Å². The van der Waals surface area contributed by atoms with Gasteiger partial charge in [0.25, 0.3) is 0 Å². The molecule has 27 heavy (non-hydrogen) atoms. The van der Waals surface area contributed by atoms with Gasteiger partial charge in [0.2, 0.25) is 0 Å². The second-order valence-corrected chi connectivity index (χ2v) is 8.36. The van der Waals surface area contributed by atoms with Gasteiger partial charge >= 0.3 is 6.08 Å². The number of benzene rings is 2. The largest absolute Gasteiger partial charge is 0.308 e. The Morgan fingerprint density at radius 2 is 1.78 bits per heavy atom. The smallest absolute Gasteiger partial charge is 0.223 e. The minimum absolute atomic E-state index is 0.129. The van der Waals surface area contributed by atoms with E-state index < -0.39 is 15.9 Å². The quantitative estimate of drug-likeness (QED) is 0.579. The molecule has 0 aliphatic carbocycles. The first-order valence-corrected chi connectivity index (χ1v) is 10.1. The predicted octanol–water partition coefficient (Wildman–Crippen LogP) is 4.72. The van der Waals surface area contributed by atoms with E-state index in [0.717, 1.165) is 11.1 Å². The molecule has 1 aromatic heterocycles. The van der Waals surface area contributed by atoms with Crippen LogP contribution in [0.4, 0.5) is 4.39 Å². The van der Waals surface area contributed by atoms with Crippen molar-refractivity contribution in [3.05, 3.63) is 88.2 Å². The van der Waals surface area contributed by atoms with Crippen molar-refractivity contribution in [3.8, 4) is 0 Å². The standard InChI is InChI=1S/C20H16ClFN2O2S/c1-14-10-15(13-27(25,26)19-5-3-2-4-18(19)21)6-8-17(14)9-7-16-11-23-20(22)24-12-16/h2-12H,13H2,1H3/b9-7+. The van der Waals surface area contributed by atoms with Crippen LogP contribution in [0.1, 0.15) is 22.3 Å². The highest BCUT2D eigenvalue weighted by atomic mass is 35.5. The summed E-state index contributed by atoms with van der Waals surface area (Å²) in [5.74, 6) is -0.132. The Balaban J connectivity index is 1.80. The molecular weight excluding hydrogens is 387 g/mol. The van der Waals surface area contributed by atoms with E-state index in [9.17, 15) is 12.8 Å². The first-order chi connectivity index (χ1) is 12.8. The molecule has 0 radical (unpaired) electrons. The summed E-state index contributed by atoms with van der Waals surface area (Å²) in [6, 6.07) is 11.8. The fourth-order valence-electron chi connectivity index (χ4n) is 2.60. The summed E-state index contributed by atoms with van der Waals surface area (Å²) < 4.78 is 38.0. The molecule has 0 atom stereocenters. The topological polar surface area (TPSA) is 59.9 Å². The van der Waals surface area contributed by atoms with Crippen LogP contribution < -0.4 is 0 Å². The van der Waals surface area contributed by atoms with E-state index in [1.54, 1.807) is 30.3 Å². The predicted molar refractivity (Wildman–Crippen MR) is 104 cm³/mol. The Morgan fingerprint density at radius 1 is 1.07 bits per heavy atom. The molecular formula is C20H16ClFN2O2S. The second kappa shape index (κ2) is 7.98. The van der Waals surface area contributed by atoms with E-state index in [4.69, 9.17) is 11.6 Å². The maximum atomic E-state index is 12.7. The summed E-state index contributed by atoms with van der Waals surface area (Å²) in [5, 5.41) is 0.218. The van der Waals surface area contributed by atoms with Crippen molar-refractivity contribution in [2.75, 3.05) is 0 Å². The van der Waals surface area contributed by atoms with Crippen LogP contribution in [0.25, 0.3) is 12.2 Å². The van der Waals surface area contributed by atoms with E-state index >= 15 is 0 Å². The zero-order chi connectivity index (χ0) is 19.4. The van der Waals surface area contributed by atoms with Gasteiger partial charge < -0.3 is 0 Å². The molecule has 3 rings (SSSR count). The molecule has 0 saturated carbocycles. The lowest BCUT2D eigenvalue weighted by Crippen LogP contribution is -2.06. The molecule has 3 aromatic rings. The molecule has 0 unspecified atom stereocenters. The number of rotatable bonds is 5. The van der Waals surface area contributed by atoms with E-state index in [-0.39, 0.29) is 15.7 Å². The fourth-order valence-corrected chi connectivity index (χ4v) is 4.52. The fraction of sp³-hybridized carbons (Fsp3) is 0.100. The minimum atomic E-state index is -3.53. The van der Waals surface area contributed by atoms with E-state index in [2.05, 4.69) is 9.97 Å². The molecule has 0 saturated heterocycles.